The van der Waals surface area contributed by atoms with Gasteiger partial charge in [-0.05, 0) is 24.3 Å². The van der Waals surface area contributed by atoms with Crippen molar-refractivity contribution >= 4 is 28.5 Å². The molecule has 2 aliphatic heterocycles. The molecule has 178 valence electrons. The first-order valence-corrected chi connectivity index (χ1v) is 10.8. The molecule has 2 amide bonds. The molecule has 34 heavy (non-hydrogen) atoms. The summed E-state index contributed by atoms with van der Waals surface area (Å²) >= 11 is 0. The first kappa shape index (κ1) is 22.2. The van der Waals surface area contributed by atoms with Crippen LogP contribution in [0.15, 0.2) is 48.5 Å². The lowest BCUT2D eigenvalue weighted by Gasteiger charge is -2.37. The Kier molecular flexibility index (Phi) is 5.64. The molecule has 1 fully saturated rings. The number of morpholine rings is 1. The van der Waals surface area contributed by atoms with Crippen LogP contribution >= 0.6 is 0 Å². The maximum Gasteiger partial charge on any atom is 0.449 e. The number of benzene rings is 2. The van der Waals surface area contributed by atoms with Gasteiger partial charge in [0.1, 0.15) is 12.3 Å². The van der Waals surface area contributed by atoms with Gasteiger partial charge < -0.3 is 23.8 Å². The molecule has 1 saturated heterocycles. The number of halogens is 3. The summed E-state index contributed by atoms with van der Waals surface area (Å²) in [5.41, 5.74) is 0.743. The van der Waals surface area contributed by atoms with Gasteiger partial charge in [0.05, 0.1) is 36.5 Å². The molecule has 3 aromatic rings. The molecule has 0 bridgehead atoms. The minimum absolute atomic E-state index is 0.111. The zero-order valence-electron chi connectivity index (χ0n) is 18.0. The van der Waals surface area contributed by atoms with Crippen LogP contribution in [0.25, 0.3) is 11.0 Å². The Morgan fingerprint density at radius 1 is 1.03 bits per heavy atom. The van der Waals surface area contributed by atoms with E-state index in [1.165, 1.54) is 17.0 Å². The molecule has 0 spiro atoms. The van der Waals surface area contributed by atoms with Gasteiger partial charge in [-0.1, -0.05) is 24.3 Å². The smallest absolute Gasteiger partial charge is 0.449 e. The Morgan fingerprint density at radius 3 is 2.50 bits per heavy atom. The fourth-order valence-electron chi connectivity index (χ4n) is 4.26. The fraction of sp³-hybridized carbons (Fsp3) is 0.348. The summed E-state index contributed by atoms with van der Waals surface area (Å²) in [7, 11) is 0. The molecule has 3 heterocycles. The molecule has 0 N–H and O–H groups in total. The average molecular weight is 474 g/mol. The SMILES string of the molecule is O=C([C@@H]1CN(C(=O)Cn2c(C(F)(F)F)nc3ccccc32)c2ccccc2O1)N1CCOCC1. The van der Waals surface area contributed by atoms with Crippen LogP contribution in [0.3, 0.4) is 0 Å². The van der Waals surface area contributed by atoms with Crippen LogP contribution in [-0.2, 0) is 27.0 Å². The summed E-state index contributed by atoms with van der Waals surface area (Å²) in [6.07, 6.45) is -5.71. The molecule has 0 aliphatic carbocycles. The van der Waals surface area contributed by atoms with Crippen molar-refractivity contribution in [3.63, 3.8) is 0 Å². The van der Waals surface area contributed by atoms with Crippen LogP contribution in [0.5, 0.6) is 5.75 Å². The van der Waals surface area contributed by atoms with E-state index in [1.54, 1.807) is 41.3 Å². The van der Waals surface area contributed by atoms with E-state index in [1.807, 2.05) is 0 Å². The zero-order chi connectivity index (χ0) is 23.9. The van der Waals surface area contributed by atoms with Crippen LogP contribution in [0.4, 0.5) is 18.9 Å². The molecule has 1 atom stereocenters. The lowest BCUT2D eigenvalue weighted by atomic mass is 10.1. The number of carbonyl (C=O) groups is 2. The van der Waals surface area contributed by atoms with Crippen molar-refractivity contribution in [1.82, 2.24) is 14.5 Å². The van der Waals surface area contributed by atoms with Crippen molar-refractivity contribution in [3.8, 4) is 5.75 Å². The molecule has 0 saturated carbocycles. The molecule has 2 aromatic carbocycles. The Labute approximate surface area is 192 Å². The number of aromatic nitrogens is 2. The highest BCUT2D eigenvalue weighted by molar-refractivity contribution is 5.98. The lowest BCUT2D eigenvalue weighted by molar-refractivity contribution is -0.147. The van der Waals surface area contributed by atoms with E-state index in [4.69, 9.17) is 9.47 Å². The fourth-order valence-corrected chi connectivity index (χ4v) is 4.26. The van der Waals surface area contributed by atoms with E-state index < -0.39 is 30.6 Å². The minimum Gasteiger partial charge on any atom is -0.476 e. The number of para-hydroxylation sites is 4. The number of imidazole rings is 1. The molecular weight excluding hydrogens is 453 g/mol. The molecule has 8 nitrogen and oxygen atoms in total. The number of nitrogens with zero attached hydrogens (tertiary/aromatic N) is 4. The summed E-state index contributed by atoms with van der Waals surface area (Å²) in [6, 6.07) is 12.8. The molecule has 5 rings (SSSR count). The lowest BCUT2D eigenvalue weighted by Crippen LogP contribution is -2.54. The standard InChI is InChI=1S/C23H21F3N4O4/c24-23(25,26)22-27-15-5-1-2-6-16(15)30(22)14-20(31)29-13-19(21(32)28-9-11-33-12-10-28)34-18-8-4-3-7-17(18)29/h1-8,19H,9-14H2/t19-/m0/s1. The van der Waals surface area contributed by atoms with Crippen LogP contribution in [-0.4, -0.2) is 65.2 Å². The number of amides is 2. The number of anilines is 1. The van der Waals surface area contributed by atoms with Crippen LogP contribution < -0.4 is 9.64 Å². The van der Waals surface area contributed by atoms with Crippen molar-refractivity contribution in [2.24, 2.45) is 0 Å². The molecule has 2 aliphatic rings. The number of ether oxygens (including phenoxy) is 2. The third kappa shape index (κ3) is 4.07. The highest BCUT2D eigenvalue weighted by atomic mass is 19.4. The molecule has 0 radical (unpaired) electrons. The Bertz CT molecular complexity index is 1240. The summed E-state index contributed by atoms with van der Waals surface area (Å²) in [4.78, 5) is 33.1. The second-order valence-electron chi connectivity index (χ2n) is 8.02. The predicted octanol–water partition coefficient (Wildman–Crippen LogP) is 2.71. The molecule has 11 heteroatoms. The van der Waals surface area contributed by atoms with Crippen LogP contribution in [0.2, 0.25) is 0 Å². The van der Waals surface area contributed by atoms with Gasteiger partial charge in [-0.3, -0.25) is 9.59 Å². The van der Waals surface area contributed by atoms with Gasteiger partial charge in [0.2, 0.25) is 11.7 Å². The van der Waals surface area contributed by atoms with Crippen molar-refractivity contribution in [2.75, 3.05) is 37.7 Å². The van der Waals surface area contributed by atoms with Gasteiger partial charge in [-0.15, -0.1) is 0 Å². The van der Waals surface area contributed by atoms with Gasteiger partial charge in [0.25, 0.3) is 5.91 Å². The second kappa shape index (κ2) is 8.64. The quantitative estimate of drug-likeness (QED) is 0.584. The van der Waals surface area contributed by atoms with Crippen LogP contribution in [0, 0.1) is 0 Å². The van der Waals surface area contributed by atoms with Gasteiger partial charge in [-0.25, -0.2) is 4.98 Å². The maximum absolute atomic E-state index is 13.7. The highest BCUT2D eigenvalue weighted by Crippen LogP contribution is 2.35. The van der Waals surface area contributed by atoms with E-state index in [-0.39, 0.29) is 23.5 Å². The van der Waals surface area contributed by atoms with Crippen molar-refractivity contribution in [1.29, 1.82) is 0 Å². The zero-order valence-corrected chi connectivity index (χ0v) is 18.0. The number of hydrogen-bond donors (Lipinski definition) is 0. The monoisotopic (exact) mass is 474 g/mol. The van der Waals surface area contributed by atoms with Crippen molar-refractivity contribution in [2.45, 2.75) is 18.8 Å². The van der Waals surface area contributed by atoms with E-state index in [0.717, 1.165) is 4.57 Å². The number of hydrogen-bond acceptors (Lipinski definition) is 5. The van der Waals surface area contributed by atoms with Gasteiger partial charge in [0.15, 0.2) is 6.10 Å². The van der Waals surface area contributed by atoms with E-state index in [2.05, 4.69) is 4.98 Å². The van der Waals surface area contributed by atoms with Gasteiger partial charge in [0, 0.05) is 13.1 Å². The molecule has 0 unspecified atom stereocenters. The first-order valence-electron chi connectivity index (χ1n) is 10.8. The normalized spacial score (nSPS) is 18.5. The van der Waals surface area contributed by atoms with E-state index in [0.29, 0.717) is 37.7 Å². The average Bonchev–Trinajstić information content (AvgIpc) is 3.22. The first-order chi connectivity index (χ1) is 16.3. The third-order valence-electron chi connectivity index (χ3n) is 5.87. The Morgan fingerprint density at radius 2 is 1.74 bits per heavy atom. The number of rotatable bonds is 3. The Balaban J connectivity index is 1.47. The second-order valence-corrected chi connectivity index (χ2v) is 8.02. The minimum atomic E-state index is -4.74. The highest BCUT2D eigenvalue weighted by Gasteiger charge is 2.40. The largest absolute Gasteiger partial charge is 0.476 e. The summed E-state index contributed by atoms with van der Waals surface area (Å²) in [6.45, 7) is 0.925. The number of carbonyl (C=O) groups excluding carboxylic acids is 2. The van der Waals surface area contributed by atoms with Crippen molar-refractivity contribution in [3.05, 3.63) is 54.4 Å². The third-order valence-corrected chi connectivity index (χ3v) is 5.87. The summed E-state index contributed by atoms with van der Waals surface area (Å²) < 4.78 is 53.2. The summed E-state index contributed by atoms with van der Waals surface area (Å²) in [5.74, 6) is -1.73. The maximum atomic E-state index is 13.7. The molecular formula is C23H21F3N4O4. The number of alkyl halides is 3. The Hall–Kier alpha value is -3.60. The van der Waals surface area contributed by atoms with Gasteiger partial charge >= 0.3 is 6.18 Å². The number of fused-ring (bicyclic) bond motifs is 2. The summed E-state index contributed by atoms with van der Waals surface area (Å²) in [5, 5.41) is 0. The van der Waals surface area contributed by atoms with Gasteiger partial charge in [-0.2, -0.15) is 13.2 Å². The predicted molar refractivity (Wildman–Crippen MR) is 115 cm³/mol. The van der Waals surface area contributed by atoms with E-state index >= 15 is 0 Å². The van der Waals surface area contributed by atoms with E-state index in [9.17, 15) is 22.8 Å². The molecule has 1 aromatic heterocycles. The van der Waals surface area contributed by atoms with Crippen LogP contribution in [0.1, 0.15) is 5.82 Å². The van der Waals surface area contributed by atoms with Crippen molar-refractivity contribution < 1.29 is 32.2 Å². The topological polar surface area (TPSA) is 76.9 Å².